The molecule has 1 aromatic rings. The van der Waals surface area contributed by atoms with Crippen LogP contribution in [-0.2, 0) is 9.59 Å². The molecule has 0 unspecified atom stereocenters. The summed E-state index contributed by atoms with van der Waals surface area (Å²) in [5, 5.41) is 1.43. The maximum atomic E-state index is 12.4. The normalized spacial score (nSPS) is 27.7. The minimum Gasteiger partial charge on any atom is -0.272 e. The fraction of sp³-hybridized carbons (Fsp3) is 0.438. The molecule has 3 amide bonds. The first-order valence-corrected chi connectivity index (χ1v) is 7.79. The predicted octanol–water partition coefficient (Wildman–Crippen LogP) is 2.41. The molecule has 1 aliphatic heterocycles. The van der Waals surface area contributed by atoms with Crippen LogP contribution < -0.4 is 5.43 Å². The van der Waals surface area contributed by atoms with Gasteiger partial charge in [-0.05, 0) is 49.4 Å². The Morgan fingerprint density at radius 2 is 1.77 bits per heavy atom. The highest BCUT2D eigenvalue weighted by Crippen LogP contribution is 2.39. The molecule has 1 N–H and O–H groups in total. The van der Waals surface area contributed by atoms with Crippen LogP contribution in [0.1, 0.15) is 36.5 Å². The van der Waals surface area contributed by atoms with Crippen LogP contribution in [-0.4, -0.2) is 22.7 Å². The van der Waals surface area contributed by atoms with Gasteiger partial charge in [0.1, 0.15) is 0 Å². The third-order valence-electron chi connectivity index (χ3n) is 4.51. The largest absolute Gasteiger partial charge is 0.272 e. The van der Waals surface area contributed by atoms with Gasteiger partial charge in [-0.3, -0.25) is 19.8 Å². The Bertz CT molecular complexity index is 629. The van der Waals surface area contributed by atoms with Gasteiger partial charge >= 0.3 is 0 Å². The summed E-state index contributed by atoms with van der Waals surface area (Å²) in [7, 11) is 0. The quantitative estimate of drug-likeness (QED) is 0.851. The zero-order valence-corrected chi connectivity index (χ0v) is 13.0. The molecule has 1 aliphatic carbocycles. The average molecular weight is 321 g/mol. The van der Waals surface area contributed by atoms with Crippen LogP contribution in [0, 0.1) is 17.8 Å². The highest BCUT2D eigenvalue weighted by atomic mass is 35.5. The highest BCUT2D eigenvalue weighted by molar-refractivity contribution is 6.30. The van der Waals surface area contributed by atoms with Gasteiger partial charge in [0.2, 0.25) is 0 Å². The molecule has 1 saturated carbocycles. The summed E-state index contributed by atoms with van der Waals surface area (Å²) in [5.41, 5.74) is 2.79. The van der Waals surface area contributed by atoms with Crippen LogP contribution in [0.15, 0.2) is 24.3 Å². The first-order valence-electron chi connectivity index (χ1n) is 7.41. The summed E-state index contributed by atoms with van der Waals surface area (Å²) in [4.78, 5) is 36.9. The number of carbonyl (C=O) groups excluding carboxylic acids is 3. The van der Waals surface area contributed by atoms with Crippen molar-refractivity contribution >= 4 is 29.3 Å². The number of halogens is 1. The van der Waals surface area contributed by atoms with E-state index in [0.29, 0.717) is 29.3 Å². The molecule has 22 heavy (non-hydrogen) atoms. The molecule has 1 heterocycles. The van der Waals surface area contributed by atoms with Gasteiger partial charge in [0, 0.05) is 10.6 Å². The number of fused-ring (bicyclic) bond motifs is 1. The van der Waals surface area contributed by atoms with E-state index >= 15 is 0 Å². The van der Waals surface area contributed by atoms with Crippen molar-refractivity contribution in [2.24, 2.45) is 17.8 Å². The second-order valence-electron chi connectivity index (χ2n) is 6.09. The fourth-order valence-corrected chi connectivity index (χ4v) is 3.39. The Kier molecular flexibility index (Phi) is 3.91. The van der Waals surface area contributed by atoms with Crippen molar-refractivity contribution in [1.82, 2.24) is 10.4 Å². The Hall–Kier alpha value is -1.88. The van der Waals surface area contributed by atoms with Crippen molar-refractivity contribution in [1.29, 1.82) is 0 Å². The lowest BCUT2D eigenvalue weighted by atomic mass is 9.76. The minimum absolute atomic E-state index is 0.283. The summed E-state index contributed by atoms with van der Waals surface area (Å²) in [6.45, 7) is 2.09. The summed E-state index contributed by atoms with van der Waals surface area (Å²) in [6.07, 6.45) is 2.37. The van der Waals surface area contributed by atoms with Gasteiger partial charge < -0.3 is 0 Å². The van der Waals surface area contributed by atoms with E-state index in [1.165, 1.54) is 0 Å². The smallest absolute Gasteiger partial charge is 0.270 e. The number of nitrogens with zero attached hydrogens (tertiary/aromatic N) is 1. The van der Waals surface area contributed by atoms with E-state index in [4.69, 9.17) is 11.6 Å². The number of carbonyl (C=O) groups is 3. The minimum atomic E-state index is -0.481. The molecule has 3 atom stereocenters. The van der Waals surface area contributed by atoms with Crippen molar-refractivity contribution in [3.8, 4) is 0 Å². The number of imide groups is 1. The molecule has 2 aliphatic rings. The molecule has 0 radical (unpaired) electrons. The number of hydrazine groups is 1. The molecular formula is C16H17ClN2O3. The summed E-state index contributed by atoms with van der Waals surface area (Å²) in [5.74, 6) is -1.20. The van der Waals surface area contributed by atoms with E-state index in [2.05, 4.69) is 12.3 Å². The lowest BCUT2D eigenvalue weighted by Gasteiger charge is -2.25. The number of nitrogens with one attached hydrogen (secondary N) is 1. The molecule has 0 bridgehead atoms. The standard InChI is InChI=1S/C16H17ClN2O3/c1-9-2-7-12-13(8-9)16(22)19(15(12)21)18-14(20)10-3-5-11(17)6-4-10/h3-6,9,12-13H,2,7-8H2,1H3,(H,18,20)/t9-,12+,13-/m1/s1. The lowest BCUT2D eigenvalue weighted by Crippen LogP contribution is -2.46. The van der Waals surface area contributed by atoms with Gasteiger partial charge in [-0.2, -0.15) is 5.01 Å². The third-order valence-corrected chi connectivity index (χ3v) is 4.76. The van der Waals surface area contributed by atoms with Crippen LogP contribution in [0.4, 0.5) is 0 Å². The van der Waals surface area contributed by atoms with Gasteiger partial charge in [0.15, 0.2) is 0 Å². The van der Waals surface area contributed by atoms with Crippen molar-refractivity contribution in [3.05, 3.63) is 34.9 Å². The van der Waals surface area contributed by atoms with Crippen molar-refractivity contribution in [2.45, 2.75) is 26.2 Å². The Morgan fingerprint density at radius 1 is 1.14 bits per heavy atom. The molecule has 3 rings (SSSR count). The summed E-state index contributed by atoms with van der Waals surface area (Å²) >= 11 is 5.78. The van der Waals surface area contributed by atoms with E-state index in [1.807, 2.05) is 0 Å². The van der Waals surface area contributed by atoms with E-state index in [9.17, 15) is 14.4 Å². The number of hydrogen-bond acceptors (Lipinski definition) is 3. The molecular weight excluding hydrogens is 304 g/mol. The summed E-state index contributed by atoms with van der Waals surface area (Å²) < 4.78 is 0. The monoisotopic (exact) mass is 320 g/mol. The number of amides is 3. The number of hydrogen-bond donors (Lipinski definition) is 1. The van der Waals surface area contributed by atoms with Crippen LogP contribution in [0.2, 0.25) is 5.02 Å². The first kappa shape index (κ1) is 15.0. The topological polar surface area (TPSA) is 66.5 Å². The van der Waals surface area contributed by atoms with E-state index < -0.39 is 5.91 Å². The van der Waals surface area contributed by atoms with Gasteiger partial charge in [0.25, 0.3) is 17.7 Å². The molecule has 6 heteroatoms. The van der Waals surface area contributed by atoms with Crippen LogP contribution >= 0.6 is 11.6 Å². The van der Waals surface area contributed by atoms with Gasteiger partial charge in [0.05, 0.1) is 11.8 Å². The second kappa shape index (κ2) is 5.72. The van der Waals surface area contributed by atoms with Gasteiger partial charge in [-0.1, -0.05) is 18.5 Å². The van der Waals surface area contributed by atoms with Gasteiger partial charge in [-0.25, -0.2) is 0 Å². The second-order valence-corrected chi connectivity index (χ2v) is 6.53. The number of rotatable bonds is 2. The maximum Gasteiger partial charge on any atom is 0.270 e. The molecule has 5 nitrogen and oxygen atoms in total. The lowest BCUT2D eigenvalue weighted by molar-refractivity contribution is -0.142. The average Bonchev–Trinajstić information content (AvgIpc) is 2.72. The molecule has 0 aromatic heterocycles. The first-order chi connectivity index (χ1) is 10.5. The predicted molar refractivity (Wildman–Crippen MR) is 80.8 cm³/mol. The molecule has 116 valence electrons. The van der Waals surface area contributed by atoms with Crippen LogP contribution in [0.25, 0.3) is 0 Å². The Labute approximate surface area is 133 Å². The van der Waals surface area contributed by atoms with E-state index in [1.54, 1.807) is 24.3 Å². The van der Waals surface area contributed by atoms with Gasteiger partial charge in [-0.15, -0.1) is 0 Å². The van der Waals surface area contributed by atoms with E-state index in [-0.39, 0.29) is 23.7 Å². The van der Waals surface area contributed by atoms with Crippen molar-refractivity contribution in [3.63, 3.8) is 0 Å². The molecule has 2 fully saturated rings. The summed E-state index contributed by atoms with van der Waals surface area (Å²) in [6, 6.07) is 6.28. The third kappa shape index (κ3) is 2.61. The van der Waals surface area contributed by atoms with E-state index in [0.717, 1.165) is 11.4 Å². The zero-order valence-electron chi connectivity index (χ0n) is 12.2. The highest BCUT2D eigenvalue weighted by Gasteiger charge is 2.50. The zero-order chi connectivity index (χ0) is 15.9. The Morgan fingerprint density at radius 3 is 2.45 bits per heavy atom. The fourth-order valence-electron chi connectivity index (χ4n) is 3.27. The SMILES string of the molecule is C[C@@H]1CC[C@@H]2C(=O)N(NC(=O)c3ccc(Cl)cc3)C(=O)[C@@H]2C1. The molecule has 1 saturated heterocycles. The van der Waals surface area contributed by atoms with Crippen molar-refractivity contribution in [2.75, 3.05) is 0 Å². The van der Waals surface area contributed by atoms with Crippen molar-refractivity contribution < 1.29 is 14.4 Å². The Balaban J connectivity index is 1.75. The van der Waals surface area contributed by atoms with Crippen LogP contribution in [0.5, 0.6) is 0 Å². The molecule has 0 spiro atoms. The molecule has 1 aromatic carbocycles. The maximum absolute atomic E-state index is 12.4. The number of benzene rings is 1. The van der Waals surface area contributed by atoms with Crippen LogP contribution in [0.3, 0.4) is 0 Å².